The molecule has 2 N–H and O–H groups in total. The lowest BCUT2D eigenvalue weighted by atomic mass is 10.1. The summed E-state index contributed by atoms with van der Waals surface area (Å²) in [4.78, 5) is 27.9. The maximum Gasteiger partial charge on any atom is 0.311 e. The molecule has 0 aliphatic carbocycles. The molecule has 4 rings (SSSR count). The number of ether oxygens (including phenoxy) is 1. The normalized spacial score (nSPS) is 10.7. The fourth-order valence-electron chi connectivity index (χ4n) is 3.42. The molecule has 1 amide bonds. The van der Waals surface area contributed by atoms with Gasteiger partial charge in [-0.25, -0.2) is 4.98 Å². The lowest BCUT2D eigenvalue weighted by molar-refractivity contribution is -0.385. The number of amides is 1. The second kappa shape index (κ2) is 9.90. The summed E-state index contributed by atoms with van der Waals surface area (Å²) in [6, 6.07) is 15.2. The summed E-state index contributed by atoms with van der Waals surface area (Å²) in [7, 11) is 0. The molecular formula is C25H22N4O5S. The predicted molar refractivity (Wildman–Crippen MR) is 137 cm³/mol. The van der Waals surface area contributed by atoms with Crippen molar-refractivity contribution in [3.05, 3.63) is 81.4 Å². The van der Waals surface area contributed by atoms with Crippen LogP contribution in [0, 0.1) is 24.0 Å². The standard InChI is InChI=1S/C25H22N4O5S/c1-4-33-22-9-7-16(12-20(22)29(31)32)23(30)28-25(35)26-18-8-10-21-19(13-18)27-24(34-21)17-6-5-14(2)15(3)11-17/h5-13H,4H2,1-3H3,(H2,26,28,30,35). The lowest BCUT2D eigenvalue weighted by Crippen LogP contribution is -2.34. The van der Waals surface area contributed by atoms with Gasteiger partial charge in [0.1, 0.15) is 5.52 Å². The number of nitrogens with zero attached hydrogens (tertiary/aromatic N) is 2. The van der Waals surface area contributed by atoms with Gasteiger partial charge >= 0.3 is 5.69 Å². The Morgan fingerprint density at radius 1 is 1.11 bits per heavy atom. The van der Waals surface area contributed by atoms with Crippen LogP contribution in [0.5, 0.6) is 5.75 Å². The lowest BCUT2D eigenvalue weighted by Gasteiger charge is -2.10. The number of hydrogen-bond acceptors (Lipinski definition) is 7. The number of nitro benzene ring substituents is 1. The Labute approximate surface area is 206 Å². The Balaban J connectivity index is 1.47. The van der Waals surface area contributed by atoms with Gasteiger partial charge in [0.25, 0.3) is 5.91 Å². The van der Waals surface area contributed by atoms with Crippen molar-refractivity contribution in [1.29, 1.82) is 0 Å². The number of thiocarbonyl (C=S) groups is 1. The van der Waals surface area contributed by atoms with Crippen LogP contribution >= 0.6 is 12.2 Å². The van der Waals surface area contributed by atoms with Crippen LogP contribution in [0.15, 0.2) is 59.0 Å². The predicted octanol–water partition coefficient (Wildman–Crippen LogP) is 5.55. The Hall–Kier alpha value is -4.31. The number of oxazole rings is 1. The van der Waals surface area contributed by atoms with Gasteiger partial charge in [-0.2, -0.15) is 0 Å². The number of carbonyl (C=O) groups is 1. The van der Waals surface area contributed by atoms with E-state index >= 15 is 0 Å². The van der Waals surface area contributed by atoms with Gasteiger partial charge in [-0.05, 0) is 86.6 Å². The molecular weight excluding hydrogens is 468 g/mol. The highest BCUT2D eigenvalue weighted by Crippen LogP contribution is 2.29. The average molecular weight is 491 g/mol. The first-order valence-electron chi connectivity index (χ1n) is 10.8. The van der Waals surface area contributed by atoms with E-state index in [2.05, 4.69) is 15.6 Å². The fourth-order valence-corrected chi connectivity index (χ4v) is 3.63. The molecule has 10 heteroatoms. The second-order valence-corrected chi connectivity index (χ2v) is 8.19. The number of aryl methyl sites for hydroxylation is 2. The van der Waals surface area contributed by atoms with E-state index in [1.807, 2.05) is 32.0 Å². The van der Waals surface area contributed by atoms with E-state index < -0.39 is 10.8 Å². The first-order valence-corrected chi connectivity index (χ1v) is 11.2. The van der Waals surface area contributed by atoms with Crippen molar-refractivity contribution in [3.8, 4) is 17.2 Å². The number of fused-ring (bicyclic) bond motifs is 1. The van der Waals surface area contributed by atoms with E-state index in [9.17, 15) is 14.9 Å². The molecule has 1 aromatic heterocycles. The van der Waals surface area contributed by atoms with Crippen molar-refractivity contribution >= 4 is 45.7 Å². The zero-order chi connectivity index (χ0) is 25.1. The van der Waals surface area contributed by atoms with Crippen LogP contribution in [0.2, 0.25) is 0 Å². The van der Waals surface area contributed by atoms with Crippen LogP contribution in [0.3, 0.4) is 0 Å². The summed E-state index contributed by atoms with van der Waals surface area (Å²) in [5, 5.41) is 16.8. The molecule has 178 valence electrons. The zero-order valence-electron chi connectivity index (χ0n) is 19.2. The van der Waals surface area contributed by atoms with Crippen molar-refractivity contribution in [3.63, 3.8) is 0 Å². The highest BCUT2D eigenvalue weighted by molar-refractivity contribution is 7.80. The molecule has 3 aromatic carbocycles. The Morgan fingerprint density at radius 2 is 1.91 bits per heavy atom. The smallest absolute Gasteiger partial charge is 0.311 e. The maximum absolute atomic E-state index is 12.6. The Morgan fingerprint density at radius 3 is 2.63 bits per heavy atom. The molecule has 0 aliphatic heterocycles. The molecule has 0 radical (unpaired) electrons. The topological polar surface area (TPSA) is 120 Å². The third kappa shape index (κ3) is 5.28. The van der Waals surface area contributed by atoms with Crippen LogP contribution in [-0.4, -0.2) is 27.5 Å². The number of carbonyl (C=O) groups excluding carboxylic acids is 1. The van der Waals surface area contributed by atoms with Gasteiger partial charge in [0.2, 0.25) is 5.89 Å². The van der Waals surface area contributed by atoms with Gasteiger partial charge in [-0.15, -0.1) is 0 Å². The average Bonchev–Trinajstić information content (AvgIpc) is 3.24. The Bertz CT molecular complexity index is 1460. The minimum Gasteiger partial charge on any atom is -0.487 e. The third-order valence-electron chi connectivity index (χ3n) is 5.34. The number of rotatable bonds is 6. The minimum atomic E-state index is -0.600. The molecule has 0 spiro atoms. The largest absolute Gasteiger partial charge is 0.487 e. The third-order valence-corrected chi connectivity index (χ3v) is 5.55. The van der Waals surface area contributed by atoms with Gasteiger partial charge in [0, 0.05) is 22.9 Å². The summed E-state index contributed by atoms with van der Waals surface area (Å²) in [5.74, 6) is 0.0113. The maximum atomic E-state index is 12.6. The molecule has 9 nitrogen and oxygen atoms in total. The monoisotopic (exact) mass is 490 g/mol. The highest BCUT2D eigenvalue weighted by atomic mass is 32.1. The molecule has 0 aliphatic rings. The molecule has 1 heterocycles. The summed E-state index contributed by atoms with van der Waals surface area (Å²) in [5.41, 5.74) is 4.83. The van der Waals surface area contributed by atoms with Gasteiger partial charge < -0.3 is 14.5 Å². The SMILES string of the molecule is CCOc1ccc(C(=O)NC(=S)Nc2ccc3oc(-c4ccc(C)c(C)c4)nc3c2)cc1[N+](=O)[O-]. The van der Waals surface area contributed by atoms with Gasteiger partial charge in [0.05, 0.1) is 11.5 Å². The van der Waals surface area contributed by atoms with Crippen LogP contribution in [-0.2, 0) is 0 Å². The molecule has 0 unspecified atom stereocenters. The molecule has 4 aromatic rings. The molecule has 0 saturated carbocycles. The molecule has 0 bridgehead atoms. The molecule has 35 heavy (non-hydrogen) atoms. The van der Waals surface area contributed by atoms with Gasteiger partial charge in [-0.1, -0.05) is 6.07 Å². The van der Waals surface area contributed by atoms with Crippen LogP contribution in [0.25, 0.3) is 22.6 Å². The zero-order valence-corrected chi connectivity index (χ0v) is 20.1. The van der Waals surface area contributed by atoms with E-state index in [1.54, 1.807) is 25.1 Å². The molecule has 0 saturated heterocycles. The number of benzene rings is 3. The van der Waals surface area contributed by atoms with Crippen molar-refractivity contribution in [2.45, 2.75) is 20.8 Å². The Kier molecular flexibility index (Phi) is 6.74. The first kappa shape index (κ1) is 23.8. The first-order chi connectivity index (χ1) is 16.7. The quantitative estimate of drug-likeness (QED) is 0.205. The van der Waals surface area contributed by atoms with Crippen molar-refractivity contribution < 1.29 is 18.9 Å². The van der Waals surface area contributed by atoms with E-state index in [0.717, 1.165) is 17.2 Å². The van der Waals surface area contributed by atoms with Crippen molar-refractivity contribution in [1.82, 2.24) is 10.3 Å². The van der Waals surface area contributed by atoms with Gasteiger partial charge in [0.15, 0.2) is 16.4 Å². The number of hydrogen-bond donors (Lipinski definition) is 2. The van der Waals surface area contributed by atoms with E-state index in [4.69, 9.17) is 21.4 Å². The van der Waals surface area contributed by atoms with Crippen LogP contribution < -0.4 is 15.4 Å². The van der Waals surface area contributed by atoms with Crippen molar-refractivity contribution in [2.24, 2.45) is 0 Å². The number of nitrogens with one attached hydrogen (secondary N) is 2. The highest BCUT2D eigenvalue weighted by Gasteiger charge is 2.19. The number of anilines is 1. The van der Waals surface area contributed by atoms with Gasteiger partial charge in [-0.3, -0.25) is 20.2 Å². The number of aromatic nitrogens is 1. The molecule has 0 atom stereocenters. The van der Waals surface area contributed by atoms with Crippen LogP contribution in [0.1, 0.15) is 28.4 Å². The fraction of sp³-hybridized carbons (Fsp3) is 0.160. The molecule has 0 fully saturated rings. The summed E-state index contributed by atoms with van der Waals surface area (Å²) < 4.78 is 11.1. The summed E-state index contributed by atoms with van der Waals surface area (Å²) >= 11 is 5.25. The van der Waals surface area contributed by atoms with E-state index in [1.165, 1.54) is 17.7 Å². The minimum absolute atomic E-state index is 0.0313. The van der Waals surface area contributed by atoms with Crippen LogP contribution in [0.4, 0.5) is 11.4 Å². The number of nitro groups is 1. The van der Waals surface area contributed by atoms with Crippen molar-refractivity contribution in [2.75, 3.05) is 11.9 Å². The second-order valence-electron chi connectivity index (χ2n) is 7.78. The summed E-state index contributed by atoms with van der Waals surface area (Å²) in [6.07, 6.45) is 0. The van der Waals surface area contributed by atoms with E-state index in [-0.39, 0.29) is 28.7 Å². The van der Waals surface area contributed by atoms with E-state index in [0.29, 0.717) is 22.7 Å². The summed E-state index contributed by atoms with van der Waals surface area (Å²) in [6.45, 7) is 6.06.